The molecular weight excluding hydrogens is 433 g/mol. The van der Waals surface area contributed by atoms with Crippen LogP contribution in [-0.4, -0.2) is 28.2 Å². The van der Waals surface area contributed by atoms with Crippen LogP contribution in [0.5, 0.6) is 0 Å². The molecule has 2 heterocycles. The molecule has 3 aromatic rings. The van der Waals surface area contributed by atoms with Crippen molar-refractivity contribution < 1.29 is 9.59 Å². The molecule has 0 N–H and O–H groups in total. The van der Waals surface area contributed by atoms with Gasteiger partial charge in [0.05, 0.1) is 22.3 Å². The van der Waals surface area contributed by atoms with Crippen molar-refractivity contribution in [2.24, 2.45) is 0 Å². The van der Waals surface area contributed by atoms with Crippen LogP contribution in [0.2, 0.25) is 10.0 Å². The summed E-state index contributed by atoms with van der Waals surface area (Å²) in [7, 11) is 0. The average molecular weight is 454 g/mol. The number of rotatable bonds is 5. The minimum absolute atomic E-state index is 0.00854. The van der Waals surface area contributed by atoms with E-state index in [2.05, 4.69) is 4.98 Å². The highest BCUT2D eigenvalue weighted by Gasteiger charge is 2.25. The molecule has 1 aromatic heterocycles. The minimum atomic E-state index is -0.110. The van der Waals surface area contributed by atoms with Gasteiger partial charge in [0.15, 0.2) is 0 Å². The smallest absolute Gasteiger partial charge is 0.254 e. The largest absolute Gasteiger partial charge is 0.328 e. The van der Waals surface area contributed by atoms with Crippen LogP contribution in [-0.2, 0) is 24.3 Å². The summed E-state index contributed by atoms with van der Waals surface area (Å²) in [6, 6.07) is 16.5. The van der Waals surface area contributed by atoms with Crippen molar-refractivity contribution >= 4 is 40.7 Å². The molecule has 2 amide bonds. The van der Waals surface area contributed by atoms with E-state index in [4.69, 9.17) is 23.2 Å². The van der Waals surface area contributed by atoms with Gasteiger partial charge >= 0.3 is 0 Å². The maximum atomic E-state index is 13.5. The highest BCUT2D eigenvalue weighted by atomic mass is 35.5. The molecule has 2 aromatic carbocycles. The van der Waals surface area contributed by atoms with E-state index in [-0.39, 0.29) is 11.8 Å². The van der Waals surface area contributed by atoms with Crippen LogP contribution in [0.25, 0.3) is 0 Å². The lowest BCUT2D eigenvalue weighted by atomic mass is 10.1. The number of anilines is 1. The fourth-order valence-corrected chi connectivity index (χ4v) is 4.11. The first-order chi connectivity index (χ1) is 14.9. The Labute approximate surface area is 191 Å². The number of nitrogens with zero attached hydrogens (tertiary/aromatic N) is 3. The monoisotopic (exact) mass is 453 g/mol. The summed E-state index contributed by atoms with van der Waals surface area (Å²) in [6.07, 6.45) is 2.45. The number of hydrogen-bond donors (Lipinski definition) is 0. The van der Waals surface area contributed by atoms with Crippen LogP contribution >= 0.6 is 23.2 Å². The molecule has 0 atom stereocenters. The van der Waals surface area contributed by atoms with Gasteiger partial charge in [-0.15, -0.1) is 0 Å². The topological polar surface area (TPSA) is 53.5 Å². The van der Waals surface area contributed by atoms with E-state index in [1.54, 1.807) is 41.1 Å². The first kappa shape index (κ1) is 21.3. The van der Waals surface area contributed by atoms with Gasteiger partial charge in [0.1, 0.15) is 0 Å². The van der Waals surface area contributed by atoms with Gasteiger partial charge in [-0.1, -0.05) is 35.3 Å². The zero-order chi connectivity index (χ0) is 22.0. The third kappa shape index (κ3) is 4.73. The van der Waals surface area contributed by atoms with Crippen LogP contribution < -0.4 is 4.90 Å². The average Bonchev–Trinajstić information content (AvgIpc) is 3.19. The quantitative estimate of drug-likeness (QED) is 0.537. The summed E-state index contributed by atoms with van der Waals surface area (Å²) in [6.45, 7) is 2.92. The zero-order valence-electron chi connectivity index (χ0n) is 17.0. The van der Waals surface area contributed by atoms with Crippen molar-refractivity contribution in [3.63, 3.8) is 0 Å². The second-order valence-corrected chi connectivity index (χ2v) is 8.31. The second kappa shape index (κ2) is 9.08. The highest BCUT2D eigenvalue weighted by molar-refractivity contribution is 6.42. The van der Waals surface area contributed by atoms with Gasteiger partial charge in [-0.25, -0.2) is 0 Å². The summed E-state index contributed by atoms with van der Waals surface area (Å²) in [4.78, 5) is 33.1. The molecule has 0 radical (unpaired) electrons. The van der Waals surface area contributed by atoms with E-state index in [9.17, 15) is 9.59 Å². The number of amides is 2. The van der Waals surface area contributed by atoms with Gasteiger partial charge in [0, 0.05) is 37.5 Å². The third-order valence-electron chi connectivity index (χ3n) is 5.33. The molecule has 0 saturated carbocycles. The number of fused-ring (bicyclic) bond motifs is 1. The molecule has 0 unspecified atom stereocenters. The van der Waals surface area contributed by atoms with Crippen LogP contribution in [0.1, 0.15) is 34.1 Å². The summed E-state index contributed by atoms with van der Waals surface area (Å²) >= 11 is 12.2. The Morgan fingerprint density at radius 3 is 2.58 bits per heavy atom. The molecule has 1 aliphatic rings. The molecule has 31 heavy (non-hydrogen) atoms. The van der Waals surface area contributed by atoms with E-state index < -0.39 is 0 Å². The van der Waals surface area contributed by atoms with E-state index in [1.807, 2.05) is 36.4 Å². The Hall–Kier alpha value is -2.89. The van der Waals surface area contributed by atoms with Crippen molar-refractivity contribution in [2.45, 2.75) is 26.4 Å². The van der Waals surface area contributed by atoms with E-state index in [0.29, 0.717) is 35.2 Å². The number of benzene rings is 2. The number of hydrogen-bond acceptors (Lipinski definition) is 3. The molecule has 158 valence electrons. The Bertz CT molecular complexity index is 1130. The fourth-order valence-electron chi connectivity index (χ4n) is 3.79. The number of carbonyl (C=O) groups excluding carboxylic acids is 2. The minimum Gasteiger partial charge on any atom is -0.328 e. The maximum Gasteiger partial charge on any atom is 0.254 e. The van der Waals surface area contributed by atoms with Crippen molar-refractivity contribution in [1.82, 2.24) is 9.88 Å². The van der Waals surface area contributed by atoms with Gasteiger partial charge in [-0.2, -0.15) is 0 Å². The predicted molar refractivity (Wildman–Crippen MR) is 122 cm³/mol. The molecule has 1 aliphatic heterocycles. The van der Waals surface area contributed by atoms with E-state index >= 15 is 0 Å². The molecule has 0 aliphatic carbocycles. The van der Waals surface area contributed by atoms with Gasteiger partial charge in [-0.05, 0) is 60.0 Å². The van der Waals surface area contributed by atoms with Gasteiger partial charge in [0.25, 0.3) is 5.91 Å². The molecule has 0 saturated heterocycles. The predicted octanol–water partition coefficient (Wildman–Crippen LogP) is 5.14. The van der Waals surface area contributed by atoms with Crippen molar-refractivity contribution in [3.8, 4) is 0 Å². The van der Waals surface area contributed by atoms with Crippen LogP contribution in [0.4, 0.5) is 5.69 Å². The fraction of sp³-hybridized carbons (Fsp3) is 0.208. The Morgan fingerprint density at radius 1 is 1.03 bits per heavy atom. The number of carbonyl (C=O) groups is 2. The lowest BCUT2D eigenvalue weighted by Crippen LogP contribution is -2.30. The number of aromatic nitrogens is 1. The molecule has 0 spiro atoms. The SMILES string of the molecule is CC(=O)N1CCc2cc(C(=O)N(Cc3ccc(Cl)c(Cl)c3)Cc3ccccn3)ccc21. The maximum absolute atomic E-state index is 13.5. The van der Waals surface area contributed by atoms with Gasteiger partial charge in [-0.3, -0.25) is 14.6 Å². The van der Waals surface area contributed by atoms with Crippen LogP contribution in [0, 0.1) is 0 Å². The molecule has 5 nitrogen and oxygen atoms in total. The van der Waals surface area contributed by atoms with Crippen molar-refractivity contribution in [2.75, 3.05) is 11.4 Å². The molecule has 0 bridgehead atoms. The number of pyridine rings is 1. The molecule has 7 heteroatoms. The first-order valence-electron chi connectivity index (χ1n) is 9.96. The van der Waals surface area contributed by atoms with E-state index in [0.717, 1.165) is 28.9 Å². The van der Waals surface area contributed by atoms with Crippen molar-refractivity contribution in [3.05, 3.63) is 93.2 Å². The molecule has 4 rings (SSSR count). The lowest BCUT2D eigenvalue weighted by Gasteiger charge is -2.23. The standard InChI is InChI=1S/C24H21Cl2N3O2/c1-16(30)29-11-9-18-13-19(6-8-23(18)29)24(31)28(15-20-4-2-3-10-27-20)14-17-5-7-21(25)22(26)12-17/h2-8,10,12-13H,9,11,14-15H2,1H3. The first-order valence-corrected chi connectivity index (χ1v) is 10.7. The van der Waals surface area contributed by atoms with Crippen LogP contribution in [0.3, 0.4) is 0 Å². The summed E-state index contributed by atoms with van der Waals surface area (Å²) in [5, 5.41) is 0.924. The second-order valence-electron chi connectivity index (χ2n) is 7.49. The summed E-state index contributed by atoms with van der Waals surface area (Å²) in [5.41, 5.74) is 4.14. The Morgan fingerprint density at radius 2 is 1.87 bits per heavy atom. The van der Waals surface area contributed by atoms with Gasteiger partial charge in [0.2, 0.25) is 5.91 Å². The highest BCUT2D eigenvalue weighted by Crippen LogP contribution is 2.30. The van der Waals surface area contributed by atoms with E-state index in [1.165, 1.54) is 0 Å². The van der Waals surface area contributed by atoms with Gasteiger partial charge < -0.3 is 9.80 Å². The summed E-state index contributed by atoms with van der Waals surface area (Å²) < 4.78 is 0. The Balaban J connectivity index is 1.63. The molecular formula is C24H21Cl2N3O2. The molecule has 0 fully saturated rings. The normalized spacial score (nSPS) is 12.5. The lowest BCUT2D eigenvalue weighted by molar-refractivity contribution is -0.116. The zero-order valence-corrected chi connectivity index (χ0v) is 18.5. The van der Waals surface area contributed by atoms with Crippen LogP contribution in [0.15, 0.2) is 60.8 Å². The van der Waals surface area contributed by atoms with Crippen molar-refractivity contribution in [1.29, 1.82) is 0 Å². The third-order valence-corrected chi connectivity index (χ3v) is 6.06. The number of halogens is 2. The Kier molecular flexibility index (Phi) is 6.25. The summed E-state index contributed by atoms with van der Waals surface area (Å²) in [5.74, 6) is -0.102.